The predicted molar refractivity (Wildman–Crippen MR) is 112 cm³/mol. The summed E-state index contributed by atoms with van der Waals surface area (Å²) >= 11 is 0. The zero-order valence-corrected chi connectivity index (χ0v) is 16.8. The lowest BCUT2D eigenvalue weighted by Gasteiger charge is -2.15. The van der Waals surface area contributed by atoms with Crippen LogP contribution in [0.2, 0.25) is 0 Å². The van der Waals surface area contributed by atoms with E-state index in [-0.39, 0.29) is 17.3 Å². The molecule has 1 fully saturated rings. The number of rotatable bonds is 6. The molecular formula is C21H23N4O3S+. The van der Waals surface area contributed by atoms with E-state index in [0.717, 1.165) is 23.9 Å². The zero-order chi connectivity index (χ0) is 20.4. The highest BCUT2D eigenvalue weighted by molar-refractivity contribution is 7.89. The highest BCUT2D eigenvalue weighted by atomic mass is 32.2. The van der Waals surface area contributed by atoms with Crippen molar-refractivity contribution < 1.29 is 17.8 Å². The van der Waals surface area contributed by atoms with Crippen LogP contribution in [-0.4, -0.2) is 36.3 Å². The molecule has 7 nitrogen and oxygen atoms in total. The molecule has 29 heavy (non-hydrogen) atoms. The highest BCUT2D eigenvalue weighted by Gasteiger charge is 2.27. The standard InChI is InChI=1S/C21H22N4O3S/c1-2-23-16-24(20-8-4-3-7-19(20)23)15-21(26)22-17-9-11-18(12-10-17)29(27,28)25-13-5-6-14-25/h2-4,7-12,16H,1,5-6,13-15H2/p+1. The van der Waals surface area contributed by atoms with Crippen LogP contribution in [0.1, 0.15) is 12.8 Å². The Bertz CT molecular complexity index is 1160. The van der Waals surface area contributed by atoms with Crippen molar-refractivity contribution in [1.29, 1.82) is 0 Å². The van der Waals surface area contributed by atoms with E-state index >= 15 is 0 Å². The molecule has 1 aliphatic rings. The van der Waals surface area contributed by atoms with E-state index in [1.165, 1.54) is 4.31 Å². The van der Waals surface area contributed by atoms with Gasteiger partial charge in [0.2, 0.25) is 16.4 Å². The molecule has 0 spiro atoms. The Kier molecular flexibility index (Phi) is 5.21. The maximum atomic E-state index is 12.6. The Morgan fingerprint density at radius 1 is 1.10 bits per heavy atom. The SMILES string of the molecule is C=Cn1c[n+](CC(=O)Nc2ccc(S(=O)(=O)N3CCCC3)cc2)c2ccccc21. The molecular weight excluding hydrogens is 388 g/mol. The molecule has 1 aliphatic heterocycles. The molecule has 150 valence electrons. The number of aromatic nitrogens is 2. The van der Waals surface area contributed by atoms with Gasteiger partial charge in [0, 0.05) is 18.8 Å². The van der Waals surface area contributed by atoms with Crippen LogP contribution in [0.4, 0.5) is 5.69 Å². The van der Waals surface area contributed by atoms with E-state index in [0.29, 0.717) is 18.8 Å². The second kappa shape index (κ2) is 7.81. The molecule has 2 heterocycles. The van der Waals surface area contributed by atoms with Crippen LogP contribution in [0.25, 0.3) is 17.2 Å². The first-order valence-corrected chi connectivity index (χ1v) is 10.9. The molecule has 2 aromatic carbocycles. The Balaban J connectivity index is 1.47. The molecule has 1 saturated heterocycles. The van der Waals surface area contributed by atoms with Gasteiger partial charge in [-0.2, -0.15) is 4.31 Å². The Hall–Kier alpha value is -2.97. The smallest absolute Gasteiger partial charge is 0.266 e. The first-order valence-electron chi connectivity index (χ1n) is 9.51. The quantitative estimate of drug-likeness (QED) is 0.633. The summed E-state index contributed by atoms with van der Waals surface area (Å²) in [5, 5.41) is 2.83. The van der Waals surface area contributed by atoms with Crippen molar-refractivity contribution in [2.24, 2.45) is 0 Å². The monoisotopic (exact) mass is 411 g/mol. The predicted octanol–water partition coefficient (Wildman–Crippen LogP) is 2.45. The molecule has 0 saturated carbocycles. The number of nitrogens with zero attached hydrogens (tertiary/aromatic N) is 3. The van der Waals surface area contributed by atoms with E-state index in [9.17, 15) is 13.2 Å². The summed E-state index contributed by atoms with van der Waals surface area (Å²) in [4.78, 5) is 12.8. The van der Waals surface area contributed by atoms with Gasteiger partial charge in [-0.15, -0.1) is 0 Å². The number of para-hydroxylation sites is 2. The van der Waals surface area contributed by atoms with Crippen LogP contribution in [0.15, 0.2) is 66.3 Å². The number of imidazole rings is 1. The fourth-order valence-corrected chi connectivity index (χ4v) is 5.13. The fourth-order valence-electron chi connectivity index (χ4n) is 3.61. The van der Waals surface area contributed by atoms with Gasteiger partial charge >= 0.3 is 0 Å². The molecule has 0 radical (unpaired) electrons. The number of hydrogen-bond acceptors (Lipinski definition) is 3. The average Bonchev–Trinajstić information content (AvgIpc) is 3.38. The minimum absolute atomic E-state index is 0.134. The number of amides is 1. The van der Waals surface area contributed by atoms with Gasteiger partial charge in [0.15, 0.2) is 17.6 Å². The molecule has 4 rings (SSSR count). The van der Waals surface area contributed by atoms with E-state index in [2.05, 4.69) is 11.9 Å². The van der Waals surface area contributed by atoms with Gasteiger partial charge in [0.1, 0.15) is 0 Å². The van der Waals surface area contributed by atoms with Gasteiger partial charge in [0.05, 0.1) is 11.1 Å². The summed E-state index contributed by atoms with van der Waals surface area (Å²) in [5.41, 5.74) is 2.45. The van der Waals surface area contributed by atoms with Crippen LogP contribution in [0.3, 0.4) is 0 Å². The summed E-state index contributed by atoms with van der Waals surface area (Å²) in [6, 6.07) is 14.1. The number of hydrogen-bond donors (Lipinski definition) is 1. The molecule has 0 bridgehead atoms. The average molecular weight is 412 g/mol. The molecule has 1 aromatic heterocycles. The normalized spacial score (nSPS) is 14.9. The molecule has 1 N–H and O–H groups in total. The largest absolute Gasteiger partial charge is 0.323 e. The molecule has 1 amide bonds. The number of fused-ring (bicyclic) bond motifs is 1. The third kappa shape index (κ3) is 3.81. The van der Waals surface area contributed by atoms with E-state index in [4.69, 9.17) is 0 Å². The lowest BCUT2D eigenvalue weighted by atomic mass is 10.3. The number of benzene rings is 2. The van der Waals surface area contributed by atoms with Crippen LogP contribution in [-0.2, 0) is 21.4 Å². The van der Waals surface area contributed by atoms with Gasteiger partial charge in [0.25, 0.3) is 5.91 Å². The van der Waals surface area contributed by atoms with Crippen molar-refractivity contribution in [2.45, 2.75) is 24.3 Å². The summed E-state index contributed by atoms with van der Waals surface area (Å²) in [7, 11) is -3.45. The maximum absolute atomic E-state index is 12.6. The zero-order valence-electron chi connectivity index (χ0n) is 16.0. The maximum Gasteiger partial charge on any atom is 0.266 e. The molecule has 3 aromatic rings. The van der Waals surface area contributed by atoms with Gasteiger partial charge in [-0.3, -0.25) is 4.79 Å². The minimum atomic E-state index is -3.45. The third-order valence-electron chi connectivity index (χ3n) is 5.08. The second-order valence-corrected chi connectivity index (χ2v) is 8.94. The summed E-state index contributed by atoms with van der Waals surface area (Å²) < 4.78 is 30.4. The number of carbonyl (C=O) groups is 1. The number of nitrogens with one attached hydrogen (secondary N) is 1. The Morgan fingerprint density at radius 3 is 2.48 bits per heavy atom. The molecule has 0 unspecified atom stereocenters. The Labute approximate surface area is 169 Å². The minimum Gasteiger partial charge on any atom is -0.323 e. The van der Waals surface area contributed by atoms with Crippen molar-refractivity contribution in [3.8, 4) is 0 Å². The van der Waals surface area contributed by atoms with Gasteiger partial charge in [-0.25, -0.2) is 17.6 Å². The molecule has 0 atom stereocenters. The van der Waals surface area contributed by atoms with Crippen LogP contribution < -0.4 is 9.88 Å². The van der Waals surface area contributed by atoms with Crippen LogP contribution >= 0.6 is 0 Å². The van der Waals surface area contributed by atoms with Crippen molar-refractivity contribution in [1.82, 2.24) is 8.87 Å². The molecule has 0 aliphatic carbocycles. The Morgan fingerprint density at radius 2 is 1.79 bits per heavy atom. The second-order valence-electron chi connectivity index (χ2n) is 7.01. The highest BCUT2D eigenvalue weighted by Crippen LogP contribution is 2.22. The van der Waals surface area contributed by atoms with Crippen molar-refractivity contribution in [3.63, 3.8) is 0 Å². The van der Waals surface area contributed by atoms with E-state index in [1.807, 2.05) is 39.7 Å². The summed E-state index contributed by atoms with van der Waals surface area (Å²) in [6.45, 7) is 5.06. The molecule has 8 heteroatoms. The first-order chi connectivity index (χ1) is 14.0. The van der Waals surface area contributed by atoms with E-state index in [1.54, 1.807) is 30.5 Å². The van der Waals surface area contributed by atoms with Crippen LogP contribution in [0, 0.1) is 0 Å². The number of sulfonamides is 1. The topological polar surface area (TPSA) is 75.3 Å². The van der Waals surface area contributed by atoms with Crippen molar-refractivity contribution in [3.05, 3.63) is 61.4 Å². The van der Waals surface area contributed by atoms with Crippen molar-refractivity contribution >= 4 is 38.9 Å². The number of carbonyl (C=O) groups excluding carboxylic acids is 1. The summed E-state index contributed by atoms with van der Waals surface area (Å²) in [5.74, 6) is -0.197. The lowest BCUT2D eigenvalue weighted by Crippen LogP contribution is -2.39. The van der Waals surface area contributed by atoms with Gasteiger partial charge in [-0.05, 0) is 49.2 Å². The van der Waals surface area contributed by atoms with Crippen LogP contribution in [0.5, 0.6) is 0 Å². The third-order valence-corrected chi connectivity index (χ3v) is 7.00. The van der Waals surface area contributed by atoms with E-state index < -0.39 is 10.0 Å². The first kappa shape index (κ1) is 19.4. The summed E-state index contributed by atoms with van der Waals surface area (Å²) in [6.07, 6.45) is 5.31. The van der Waals surface area contributed by atoms with Gasteiger partial charge in [-0.1, -0.05) is 18.7 Å². The fraction of sp³-hybridized carbons (Fsp3) is 0.238. The number of anilines is 1. The van der Waals surface area contributed by atoms with Crippen molar-refractivity contribution in [2.75, 3.05) is 18.4 Å². The lowest BCUT2D eigenvalue weighted by molar-refractivity contribution is -0.658. The van der Waals surface area contributed by atoms with Gasteiger partial charge < -0.3 is 5.32 Å².